The van der Waals surface area contributed by atoms with Crippen LogP contribution in [-0.4, -0.2) is 29.0 Å². The van der Waals surface area contributed by atoms with E-state index in [-0.39, 0.29) is 11.3 Å². The molecule has 0 radical (unpaired) electrons. The lowest BCUT2D eigenvalue weighted by molar-refractivity contribution is -0.274. The van der Waals surface area contributed by atoms with Gasteiger partial charge in [0.2, 0.25) is 0 Å². The molecule has 0 bridgehead atoms. The molecule has 1 aromatic carbocycles. The minimum Gasteiger partial charge on any atom is -0.406 e. The van der Waals surface area contributed by atoms with Crippen LogP contribution < -0.4 is 20.9 Å². The third kappa shape index (κ3) is 4.04. The molecule has 1 N–H and O–H groups in total. The van der Waals surface area contributed by atoms with Gasteiger partial charge in [-0.1, -0.05) is 12.1 Å². The van der Waals surface area contributed by atoms with E-state index in [1.807, 2.05) is 4.90 Å². The Labute approximate surface area is 140 Å². The molecule has 1 saturated heterocycles. The predicted molar refractivity (Wildman–Crippen MR) is 84.8 cm³/mol. The van der Waals surface area contributed by atoms with E-state index < -0.39 is 12.1 Å². The fraction of sp³-hybridized carbons (Fsp3) is 0.375. The van der Waals surface area contributed by atoms with Gasteiger partial charge in [0.05, 0.1) is 0 Å². The van der Waals surface area contributed by atoms with Gasteiger partial charge in [0.15, 0.2) is 0 Å². The lowest BCUT2D eigenvalue weighted by Crippen LogP contribution is -2.49. The first-order valence-electron chi connectivity index (χ1n) is 7.61. The molecule has 0 saturated carbocycles. The molecule has 1 aromatic heterocycles. The Balaban J connectivity index is 1.57. The van der Waals surface area contributed by atoms with Crippen molar-refractivity contribution >= 4 is 5.82 Å². The van der Waals surface area contributed by atoms with Crippen molar-refractivity contribution in [2.45, 2.75) is 12.8 Å². The Morgan fingerprint density at radius 2 is 1.84 bits per heavy atom. The van der Waals surface area contributed by atoms with Crippen LogP contribution in [0.25, 0.3) is 0 Å². The normalized spacial score (nSPS) is 15.1. The second-order valence-corrected chi connectivity index (χ2v) is 6.02. The van der Waals surface area contributed by atoms with E-state index in [0.29, 0.717) is 31.2 Å². The molecule has 0 spiro atoms. The maximum Gasteiger partial charge on any atom is 0.573 e. The minimum absolute atomic E-state index is 0.246. The summed E-state index contributed by atoms with van der Waals surface area (Å²) in [6.07, 6.45) is -4.00. The number of halogens is 3. The number of alkyl halides is 3. The monoisotopic (exact) mass is 355 g/mol. The molecular formula is C16H16F3N3O3. The first-order valence-corrected chi connectivity index (χ1v) is 7.61. The summed E-state index contributed by atoms with van der Waals surface area (Å²) < 4.78 is 41.2. The van der Waals surface area contributed by atoms with Crippen molar-refractivity contribution in [1.82, 2.24) is 9.55 Å². The van der Waals surface area contributed by atoms with Gasteiger partial charge in [-0.15, -0.1) is 13.2 Å². The van der Waals surface area contributed by atoms with Gasteiger partial charge in [0.25, 0.3) is 5.56 Å². The summed E-state index contributed by atoms with van der Waals surface area (Å²) in [5, 5.41) is 0. The van der Waals surface area contributed by atoms with E-state index >= 15 is 0 Å². The number of hydrogen-bond donors (Lipinski definition) is 1. The fourth-order valence-corrected chi connectivity index (χ4v) is 2.77. The Morgan fingerprint density at radius 1 is 1.20 bits per heavy atom. The molecule has 2 aromatic rings. The second-order valence-electron chi connectivity index (χ2n) is 6.02. The minimum atomic E-state index is -4.69. The van der Waals surface area contributed by atoms with Crippen LogP contribution in [-0.2, 0) is 13.5 Å². The van der Waals surface area contributed by atoms with Crippen molar-refractivity contribution in [3.63, 3.8) is 0 Å². The highest BCUT2D eigenvalue weighted by atomic mass is 19.4. The summed E-state index contributed by atoms with van der Waals surface area (Å²) in [5.74, 6) is 0.532. The van der Waals surface area contributed by atoms with Crippen molar-refractivity contribution < 1.29 is 17.9 Å². The van der Waals surface area contributed by atoms with Gasteiger partial charge in [-0.3, -0.25) is 14.3 Å². The lowest BCUT2D eigenvalue weighted by atomic mass is 9.92. The summed E-state index contributed by atoms with van der Waals surface area (Å²) in [4.78, 5) is 27.8. The molecule has 3 rings (SSSR count). The summed E-state index contributed by atoms with van der Waals surface area (Å²) in [6, 6.07) is 7.16. The SMILES string of the molecule is Cn1c(=O)cc(N2CC(Cc3ccc(OC(F)(F)F)cc3)C2)[nH]c1=O. The van der Waals surface area contributed by atoms with Gasteiger partial charge in [0, 0.05) is 26.2 Å². The predicted octanol–water partition coefficient (Wildman–Crippen LogP) is 1.65. The number of ether oxygens (including phenoxy) is 1. The molecule has 2 heterocycles. The van der Waals surface area contributed by atoms with Crippen molar-refractivity contribution in [3.8, 4) is 5.75 Å². The summed E-state index contributed by atoms with van der Waals surface area (Å²) in [5.41, 5.74) is 0.0605. The molecule has 1 fully saturated rings. The van der Waals surface area contributed by atoms with Crippen LogP contribution in [0.5, 0.6) is 5.75 Å². The third-order valence-electron chi connectivity index (χ3n) is 4.11. The average molecular weight is 355 g/mol. The number of H-pyrrole nitrogens is 1. The Morgan fingerprint density at radius 3 is 2.40 bits per heavy atom. The van der Waals surface area contributed by atoms with Gasteiger partial charge in [0.1, 0.15) is 11.6 Å². The van der Waals surface area contributed by atoms with E-state index in [9.17, 15) is 22.8 Å². The zero-order valence-electron chi connectivity index (χ0n) is 13.3. The van der Waals surface area contributed by atoms with E-state index in [1.54, 1.807) is 12.1 Å². The molecular weight excluding hydrogens is 339 g/mol. The Kier molecular flexibility index (Phi) is 4.32. The van der Waals surface area contributed by atoms with Gasteiger partial charge >= 0.3 is 12.1 Å². The van der Waals surface area contributed by atoms with Gasteiger partial charge in [-0.25, -0.2) is 4.79 Å². The molecule has 6 nitrogen and oxygen atoms in total. The molecule has 0 atom stereocenters. The zero-order chi connectivity index (χ0) is 18.2. The molecule has 134 valence electrons. The number of aromatic nitrogens is 2. The topological polar surface area (TPSA) is 67.3 Å². The molecule has 25 heavy (non-hydrogen) atoms. The lowest BCUT2D eigenvalue weighted by Gasteiger charge is -2.40. The van der Waals surface area contributed by atoms with E-state index in [1.165, 1.54) is 25.2 Å². The number of hydrogen-bond acceptors (Lipinski definition) is 4. The molecule has 1 aliphatic heterocycles. The molecule has 0 unspecified atom stereocenters. The largest absolute Gasteiger partial charge is 0.573 e. The standard InChI is InChI=1S/C16H16F3N3O3/c1-21-14(23)7-13(20-15(21)24)22-8-11(9-22)6-10-2-4-12(5-3-10)25-16(17,18)19/h2-5,7,11H,6,8-9H2,1H3,(H,20,24). The van der Waals surface area contributed by atoms with E-state index in [0.717, 1.165) is 10.1 Å². The smallest absolute Gasteiger partial charge is 0.406 e. The van der Waals surface area contributed by atoms with Crippen LogP contribution in [0.1, 0.15) is 5.56 Å². The highest BCUT2D eigenvalue weighted by Crippen LogP contribution is 2.26. The summed E-state index contributed by atoms with van der Waals surface area (Å²) >= 11 is 0. The number of rotatable bonds is 4. The molecule has 9 heteroatoms. The first kappa shape index (κ1) is 17.1. The van der Waals surface area contributed by atoms with E-state index in [4.69, 9.17) is 0 Å². The molecule has 1 aliphatic rings. The van der Waals surface area contributed by atoms with Crippen molar-refractivity contribution in [1.29, 1.82) is 0 Å². The third-order valence-corrected chi connectivity index (χ3v) is 4.11. The quantitative estimate of drug-likeness (QED) is 0.906. The molecule has 0 aliphatic carbocycles. The number of benzene rings is 1. The van der Waals surface area contributed by atoms with Crippen LogP contribution in [0.3, 0.4) is 0 Å². The highest BCUT2D eigenvalue weighted by Gasteiger charge is 2.31. The van der Waals surface area contributed by atoms with Gasteiger partial charge in [-0.05, 0) is 30.0 Å². The van der Waals surface area contributed by atoms with Crippen LogP contribution in [0.4, 0.5) is 19.0 Å². The highest BCUT2D eigenvalue weighted by molar-refractivity contribution is 5.40. The van der Waals surface area contributed by atoms with Gasteiger partial charge < -0.3 is 9.64 Å². The summed E-state index contributed by atoms with van der Waals surface area (Å²) in [6.45, 7) is 1.31. The second kappa shape index (κ2) is 6.30. The zero-order valence-corrected chi connectivity index (χ0v) is 13.3. The Hall–Kier alpha value is -2.71. The first-order chi connectivity index (χ1) is 11.7. The van der Waals surface area contributed by atoms with Crippen molar-refractivity contribution in [2.75, 3.05) is 18.0 Å². The fourth-order valence-electron chi connectivity index (χ4n) is 2.77. The number of nitrogens with zero attached hydrogens (tertiary/aromatic N) is 2. The van der Waals surface area contributed by atoms with Crippen LogP contribution >= 0.6 is 0 Å². The number of anilines is 1. The molecule has 0 amide bonds. The summed E-state index contributed by atoms with van der Waals surface area (Å²) in [7, 11) is 1.40. The van der Waals surface area contributed by atoms with Crippen molar-refractivity contribution in [3.05, 3.63) is 56.7 Å². The van der Waals surface area contributed by atoms with Crippen LogP contribution in [0, 0.1) is 5.92 Å². The van der Waals surface area contributed by atoms with Gasteiger partial charge in [-0.2, -0.15) is 0 Å². The number of nitrogens with one attached hydrogen (secondary N) is 1. The van der Waals surface area contributed by atoms with Crippen LogP contribution in [0.15, 0.2) is 39.9 Å². The maximum atomic E-state index is 12.1. The number of aromatic amines is 1. The Bertz CT molecular complexity index is 834. The van der Waals surface area contributed by atoms with Crippen LogP contribution in [0.2, 0.25) is 0 Å². The average Bonchev–Trinajstić information content (AvgIpc) is 2.48. The van der Waals surface area contributed by atoms with Crippen molar-refractivity contribution in [2.24, 2.45) is 13.0 Å². The van der Waals surface area contributed by atoms with E-state index in [2.05, 4.69) is 9.72 Å². The maximum absolute atomic E-state index is 12.1.